The van der Waals surface area contributed by atoms with E-state index in [-0.39, 0.29) is 6.04 Å². The van der Waals surface area contributed by atoms with Crippen LogP contribution in [0.4, 0.5) is 11.8 Å². The van der Waals surface area contributed by atoms with Gasteiger partial charge in [-0.05, 0) is 13.0 Å². The Morgan fingerprint density at radius 2 is 2.43 bits per heavy atom. The van der Waals surface area contributed by atoms with Crippen LogP contribution >= 0.6 is 0 Å². The minimum atomic E-state index is -0.824. The molecule has 1 aromatic rings. The van der Waals surface area contributed by atoms with Gasteiger partial charge in [0.1, 0.15) is 5.82 Å². The summed E-state index contributed by atoms with van der Waals surface area (Å²) in [5.41, 5.74) is 5.48. The fourth-order valence-corrected chi connectivity index (χ4v) is 1.84. The highest BCUT2D eigenvalue weighted by atomic mass is 32.2. The Kier molecular flexibility index (Phi) is 3.82. The van der Waals surface area contributed by atoms with Crippen LogP contribution in [-0.4, -0.2) is 32.2 Å². The molecule has 5 nitrogen and oxygen atoms in total. The van der Waals surface area contributed by atoms with Crippen molar-refractivity contribution in [3.05, 3.63) is 12.3 Å². The summed E-state index contributed by atoms with van der Waals surface area (Å²) < 4.78 is 10.9. The van der Waals surface area contributed by atoms with Gasteiger partial charge in [0, 0.05) is 35.0 Å². The Labute approximate surface area is 85.6 Å². The van der Waals surface area contributed by atoms with Crippen LogP contribution < -0.4 is 11.1 Å². The first kappa shape index (κ1) is 10.9. The van der Waals surface area contributed by atoms with Crippen LogP contribution in [0.1, 0.15) is 6.92 Å². The molecule has 0 amide bonds. The largest absolute Gasteiger partial charge is 0.384 e. The van der Waals surface area contributed by atoms with Crippen molar-refractivity contribution in [2.45, 2.75) is 13.0 Å². The Morgan fingerprint density at radius 1 is 1.71 bits per heavy atom. The lowest BCUT2D eigenvalue weighted by Gasteiger charge is -2.11. The van der Waals surface area contributed by atoms with Gasteiger partial charge in [0.15, 0.2) is 0 Å². The fourth-order valence-electron chi connectivity index (χ4n) is 1.06. The summed E-state index contributed by atoms with van der Waals surface area (Å²) in [7, 11) is -0.824. The van der Waals surface area contributed by atoms with Gasteiger partial charge in [0.05, 0.1) is 0 Å². The fraction of sp³-hybridized carbons (Fsp3) is 0.500. The molecule has 0 aliphatic heterocycles. The van der Waals surface area contributed by atoms with E-state index in [2.05, 4.69) is 15.3 Å². The zero-order chi connectivity index (χ0) is 10.6. The molecule has 14 heavy (non-hydrogen) atoms. The van der Waals surface area contributed by atoms with Crippen molar-refractivity contribution >= 4 is 22.6 Å². The van der Waals surface area contributed by atoms with Crippen LogP contribution in [0.3, 0.4) is 0 Å². The predicted molar refractivity (Wildman–Crippen MR) is 58.5 cm³/mol. The smallest absolute Gasteiger partial charge is 0.224 e. The molecule has 1 aromatic heterocycles. The lowest BCUT2D eigenvalue weighted by atomic mass is 10.4. The molecule has 0 saturated carbocycles. The number of nitrogens with two attached hydrogens (primary N) is 1. The maximum atomic E-state index is 10.9. The molecule has 1 heterocycles. The summed E-state index contributed by atoms with van der Waals surface area (Å²) in [5.74, 6) is 1.47. The van der Waals surface area contributed by atoms with Crippen molar-refractivity contribution in [3.63, 3.8) is 0 Å². The van der Waals surface area contributed by atoms with Crippen molar-refractivity contribution in [2.24, 2.45) is 0 Å². The third-order valence-electron chi connectivity index (χ3n) is 1.54. The van der Waals surface area contributed by atoms with Gasteiger partial charge in [0.2, 0.25) is 5.95 Å². The summed E-state index contributed by atoms with van der Waals surface area (Å²) >= 11 is 0. The van der Waals surface area contributed by atoms with Crippen molar-refractivity contribution < 1.29 is 4.21 Å². The first-order valence-electron chi connectivity index (χ1n) is 4.23. The van der Waals surface area contributed by atoms with Crippen LogP contribution in [0.25, 0.3) is 0 Å². The second kappa shape index (κ2) is 4.90. The van der Waals surface area contributed by atoms with Crippen LogP contribution in [-0.2, 0) is 10.8 Å². The molecule has 0 aliphatic carbocycles. The Bertz CT molecular complexity index is 331. The van der Waals surface area contributed by atoms with Crippen LogP contribution in [0, 0.1) is 0 Å². The zero-order valence-electron chi connectivity index (χ0n) is 8.23. The van der Waals surface area contributed by atoms with Crippen molar-refractivity contribution in [2.75, 3.05) is 23.1 Å². The van der Waals surface area contributed by atoms with E-state index in [9.17, 15) is 4.21 Å². The van der Waals surface area contributed by atoms with E-state index in [0.29, 0.717) is 17.5 Å². The second-order valence-electron chi connectivity index (χ2n) is 3.09. The Balaban J connectivity index is 2.55. The number of anilines is 2. The number of nitrogens with zero attached hydrogens (tertiary/aromatic N) is 2. The summed E-state index contributed by atoms with van der Waals surface area (Å²) in [6.45, 7) is 1.92. The molecule has 0 fully saturated rings. The molecule has 0 aromatic carbocycles. The molecule has 3 N–H and O–H groups in total. The maximum Gasteiger partial charge on any atom is 0.224 e. The molecule has 2 atom stereocenters. The standard InChI is InChI=1S/C8H14N4OS/c1-6(5-14(2)13)11-8-10-4-3-7(9)12-8/h3-4,6H,5H2,1-2H3,(H3,9,10,11,12). The van der Waals surface area contributed by atoms with Crippen LogP contribution in [0.15, 0.2) is 12.3 Å². The summed E-state index contributed by atoms with van der Waals surface area (Å²) in [4.78, 5) is 7.96. The van der Waals surface area contributed by atoms with Crippen molar-refractivity contribution in [1.82, 2.24) is 9.97 Å². The summed E-state index contributed by atoms with van der Waals surface area (Å²) in [5, 5.41) is 3.02. The van der Waals surface area contributed by atoms with E-state index in [1.807, 2.05) is 6.92 Å². The third kappa shape index (κ3) is 3.69. The molecular weight excluding hydrogens is 200 g/mol. The molecule has 1 rings (SSSR count). The van der Waals surface area contributed by atoms with E-state index in [1.165, 1.54) is 0 Å². The topological polar surface area (TPSA) is 80.9 Å². The molecular formula is C8H14N4OS. The quantitative estimate of drug-likeness (QED) is 0.750. The zero-order valence-corrected chi connectivity index (χ0v) is 9.04. The highest BCUT2D eigenvalue weighted by molar-refractivity contribution is 7.84. The number of aromatic nitrogens is 2. The number of rotatable bonds is 4. The van der Waals surface area contributed by atoms with Gasteiger partial charge in [-0.15, -0.1) is 0 Å². The van der Waals surface area contributed by atoms with E-state index >= 15 is 0 Å². The first-order chi connectivity index (χ1) is 6.58. The van der Waals surface area contributed by atoms with E-state index in [0.717, 1.165) is 0 Å². The van der Waals surface area contributed by atoms with Gasteiger partial charge in [-0.25, -0.2) is 4.98 Å². The number of hydrogen-bond donors (Lipinski definition) is 2. The molecule has 2 unspecified atom stereocenters. The van der Waals surface area contributed by atoms with Gasteiger partial charge in [-0.2, -0.15) is 4.98 Å². The lowest BCUT2D eigenvalue weighted by Crippen LogP contribution is -2.23. The molecule has 0 bridgehead atoms. The minimum absolute atomic E-state index is 0.0719. The summed E-state index contributed by atoms with van der Waals surface area (Å²) in [6.07, 6.45) is 3.25. The number of nitrogens with one attached hydrogen (secondary N) is 1. The maximum absolute atomic E-state index is 10.9. The first-order valence-corrected chi connectivity index (χ1v) is 5.95. The number of hydrogen-bond acceptors (Lipinski definition) is 5. The van der Waals surface area contributed by atoms with Gasteiger partial charge >= 0.3 is 0 Å². The highest BCUT2D eigenvalue weighted by Crippen LogP contribution is 2.03. The average Bonchev–Trinajstić information content (AvgIpc) is 2.01. The lowest BCUT2D eigenvalue weighted by molar-refractivity contribution is 0.682. The molecule has 0 aliphatic rings. The molecule has 0 saturated heterocycles. The van der Waals surface area contributed by atoms with E-state index in [4.69, 9.17) is 5.73 Å². The van der Waals surface area contributed by atoms with Gasteiger partial charge in [-0.3, -0.25) is 4.21 Å². The van der Waals surface area contributed by atoms with Gasteiger partial charge in [-0.1, -0.05) is 0 Å². The molecule has 78 valence electrons. The Hall–Kier alpha value is -1.17. The van der Waals surface area contributed by atoms with Gasteiger partial charge in [0.25, 0.3) is 0 Å². The predicted octanol–water partition coefficient (Wildman–Crippen LogP) is 0.238. The van der Waals surface area contributed by atoms with Crippen LogP contribution in [0.2, 0.25) is 0 Å². The number of nitrogen functional groups attached to an aromatic ring is 1. The second-order valence-corrected chi connectivity index (χ2v) is 4.57. The minimum Gasteiger partial charge on any atom is -0.384 e. The normalized spacial score (nSPS) is 14.7. The molecule has 6 heteroatoms. The van der Waals surface area contributed by atoms with E-state index < -0.39 is 10.8 Å². The van der Waals surface area contributed by atoms with E-state index in [1.54, 1.807) is 18.5 Å². The van der Waals surface area contributed by atoms with Crippen LogP contribution in [0.5, 0.6) is 0 Å². The van der Waals surface area contributed by atoms with Crippen molar-refractivity contribution in [1.29, 1.82) is 0 Å². The van der Waals surface area contributed by atoms with Crippen molar-refractivity contribution in [3.8, 4) is 0 Å². The molecule has 0 spiro atoms. The van der Waals surface area contributed by atoms with Gasteiger partial charge < -0.3 is 11.1 Å². The highest BCUT2D eigenvalue weighted by Gasteiger charge is 2.05. The SMILES string of the molecule is CC(CS(C)=O)Nc1nccc(N)n1. The molecule has 0 radical (unpaired) electrons. The third-order valence-corrected chi connectivity index (χ3v) is 2.51. The monoisotopic (exact) mass is 214 g/mol. The average molecular weight is 214 g/mol. The Morgan fingerprint density at radius 3 is 3.00 bits per heavy atom. The summed E-state index contributed by atoms with van der Waals surface area (Å²) in [6, 6.07) is 1.69.